The fourth-order valence-corrected chi connectivity index (χ4v) is 2.22. The van der Waals surface area contributed by atoms with Gasteiger partial charge in [-0.25, -0.2) is 8.78 Å². The summed E-state index contributed by atoms with van der Waals surface area (Å²) in [6.45, 7) is -0.268. The first-order chi connectivity index (χ1) is 9.56. The van der Waals surface area contributed by atoms with Crippen LogP contribution in [0.1, 0.15) is 5.56 Å². The van der Waals surface area contributed by atoms with Crippen LogP contribution in [-0.4, -0.2) is 12.4 Å². The van der Waals surface area contributed by atoms with Gasteiger partial charge in [-0.2, -0.15) is 0 Å². The first-order valence-electron chi connectivity index (χ1n) is 5.89. The molecule has 0 spiro atoms. The molecule has 0 saturated carbocycles. The summed E-state index contributed by atoms with van der Waals surface area (Å²) in [5.41, 5.74) is 0.861. The Bertz CT molecular complexity index is 592. The zero-order valence-electron chi connectivity index (χ0n) is 10.4. The molecule has 0 fully saturated rings. The van der Waals surface area contributed by atoms with Gasteiger partial charge in [0.1, 0.15) is 12.4 Å². The van der Waals surface area contributed by atoms with Gasteiger partial charge in [0.05, 0.1) is 4.47 Å². The van der Waals surface area contributed by atoms with E-state index in [2.05, 4.69) is 15.9 Å². The third kappa shape index (κ3) is 3.87. The number of ketones is 1. The van der Waals surface area contributed by atoms with E-state index in [1.165, 1.54) is 0 Å². The highest BCUT2D eigenvalue weighted by atomic mass is 79.9. The van der Waals surface area contributed by atoms with Gasteiger partial charge in [0, 0.05) is 12.5 Å². The Balaban J connectivity index is 1.97. The predicted molar refractivity (Wildman–Crippen MR) is 74.7 cm³/mol. The molecule has 0 aliphatic rings. The molecule has 0 aliphatic carbocycles. The van der Waals surface area contributed by atoms with Crippen LogP contribution in [0.15, 0.2) is 46.9 Å². The van der Waals surface area contributed by atoms with Crippen molar-refractivity contribution in [2.75, 3.05) is 6.61 Å². The van der Waals surface area contributed by atoms with Crippen LogP contribution >= 0.6 is 15.9 Å². The molecular formula is C15H11BrF2O2. The molecule has 20 heavy (non-hydrogen) atoms. The molecule has 0 saturated heterocycles. The maximum Gasteiger partial charge on any atom is 0.174 e. The van der Waals surface area contributed by atoms with Crippen LogP contribution in [0.3, 0.4) is 0 Å². The van der Waals surface area contributed by atoms with Crippen molar-refractivity contribution in [3.05, 3.63) is 64.1 Å². The first kappa shape index (κ1) is 14.7. The van der Waals surface area contributed by atoms with Crippen molar-refractivity contribution in [3.8, 4) is 5.75 Å². The van der Waals surface area contributed by atoms with E-state index in [-0.39, 0.29) is 29.0 Å². The molecule has 2 rings (SSSR count). The lowest BCUT2D eigenvalue weighted by atomic mass is 10.1. The molecule has 5 heteroatoms. The highest BCUT2D eigenvalue weighted by Gasteiger charge is 2.13. The van der Waals surface area contributed by atoms with Crippen molar-refractivity contribution in [2.24, 2.45) is 0 Å². The number of halogens is 3. The van der Waals surface area contributed by atoms with E-state index < -0.39 is 11.6 Å². The molecule has 2 nitrogen and oxygen atoms in total. The summed E-state index contributed by atoms with van der Waals surface area (Å²) < 4.78 is 31.6. The number of hydrogen-bond acceptors (Lipinski definition) is 2. The van der Waals surface area contributed by atoms with Crippen molar-refractivity contribution >= 4 is 21.7 Å². The van der Waals surface area contributed by atoms with Crippen molar-refractivity contribution in [3.63, 3.8) is 0 Å². The summed E-state index contributed by atoms with van der Waals surface area (Å²) in [6, 6.07) is 11.0. The maximum absolute atomic E-state index is 13.5. The van der Waals surface area contributed by atoms with Gasteiger partial charge in [-0.05, 0) is 27.6 Å². The molecule has 104 valence electrons. The van der Waals surface area contributed by atoms with Crippen molar-refractivity contribution in [1.29, 1.82) is 0 Å². The predicted octanol–water partition coefficient (Wildman–Crippen LogP) is 3.92. The van der Waals surface area contributed by atoms with Gasteiger partial charge in [0.2, 0.25) is 0 Å². The van der Waals surface area contributed by atoms with Crippen LogP contribution in [0.4, 0.5) is 8.78 Å². The minimum Gasteiger partial charge on any atom is -0.482 e. The van der Waals surface area contributed by atoms with Crippen LogP contribution in [0, 0.1) is 11.6 Å². The van der Waals surface area contributed by atoms with Crippen LogP contribution in [0.2, 0.25) is 0 Å². The summed E-state index contributed by atoms with van der Waals surface area (Å²) >= 11 is 3.00. The number of carbonyl (C=O) groups is 1. The Kier molecular flexibility index (Phi) is 4.84. The molecule has 2 aromatic rings. The lowest BCUT2D eigenvalue weighted by Gasteiger charge is -2.09. The average molecular weight is 341 g/mol. The Hall–Kier alpha value is -1.75. The van der Waals surface area contributed by atoms with Crippen molar-refractivity contribution in [1.82, 2.24) is 0 Å². The Morgan fingerprint density at radius 1 is 1.15 bits per heavy atom. The molecular weight excluding hydrogens is 330 g/mol. The number of hydrogen-bond donors (Lipinski definition) is 0. The third-order valence-corrected chi connectivity index (χ3v) is 3.17. The highest BCUT2D eigenvalue weighted by molar-refractivity contribution is 9.10. The van der Waals surface area contributed by atoms with Crippen LogP contribution in [0.25, 0.3) is 0 Å². The number of benzene rings is 2. The summed E-state index contributed by atoms with van der Waals surface area (Å²) in [4.78, 5) is 11.7. The maximum atomic E-state index is 13.5. The fourth-order valence-electron chi connectivity index (χ4n) is 1.69. The summed E-state index contributed by atoms with van der Waals surface area (Å²) in [6.07, 6.45) is 0.210. The molecule has 0 N–H and O–H groups in total. The van der Waals surface area contributed by atoms with Crippen LogP contribution in [-0.2, 0) is 11.2 Å². The second-order valence-corrected chi connectivity index (χ2v) is 5.04. The summed E-state index contributed by atoms with van der Waals surface area (Å²) in [7, 11) is 0. The molecule has 0 radical (unpaired) electrons. The van der Waals surface area contributed by atoms with Gasteiger partial charge in [0.15, 0.2) is 17.3 Å². The van der Waals surface area contributed by atoms with Gasteiger partial charge < -0.3 is 4.74 Å². The van der Waals surface area contributed by atoms with E-state index in [0.29, 0.717) is 6.07 Å². The van der Waals surface area contributed by atoms with Crippen molar-refractivity contribution < 1.29 is 18.3 Å². The molecule has 0 unspecified atom stereocenters. The Morgan fingerprint density at radius 2 is 1.85 bits per heavy atom. The SMILES string of the molecule is O=C(COc1c(F)cc(F)cc1Br)Cc1ccccc1. The van der Waals surface area contributed by atoms with Crippen LogP contribution < -0.4 is 4.74 Å². The van der Waals surface area contributed by atoms with E-state index in [9.17, 15) is 13.6 Å². The van der Waals surface area contributed by atoms with E-state index in [1.807, 2.05) is 30.3 Å². The monoisotopic (exact) mass is 340 g/mol. The van der Waals surface area contributed by atoms with Gasteiger partial charge in [0.25, 0.3) is 0 Å². The molecule has 0 amide bonds. The van der Waals surface area contributed by atoms with Crippen molar-refractivity contribution in [2.45, 2.75) is 6.42 Å². The summed E-state index contributed by atoms with van der Waals surface area (Å²) in [5, 5.41) is 0. The average Bonchev–Trinajstić information content (AvgIpc) is 2.38. The third-order valence-electron chi connectivity index (χ3n) is 2.58. The zero-order valence-corrected chi connectivity index (χ0v) is 12.0. The quantitative estimate of drug-likeness (QED) is 0.824. The summed E-state index contributed by atoms with van der Waals surface area (Å²) in [5.74, 6) is -1.90. The van der Waals surface area contributed by atoms with E-state index in [4.69, 9.17) is 4.74 Å². The molecule has 0 aromatic heterocycles. The second-order valence-electron chi connectivity index (χ2n) is 4.19. The lowest BCUT2D eigenvalue weighted by molar-refractivity contribution is -0.120. The minimum atomic E-state index is -0.843. The smallest absolute Gasteiger partial charge is 0.174 e. The van der Waals surface area contributed by atoms with Crippen LogP contribution in [0.5, 0.6) is 5.75 Å². The van der Waals surface area contributed by atoms with E-state index >= 15 is 0 Å². The van der Waals surface area contributed by atoms with Gasteiger partial charge in [-0.3, -0.25) is 4.79 Å². The topological polar surface area (TPSA) is 26.3 Å². The lowest BCUT2D eigenvalue weighted by Crippen LogP contribution is -2.14. The van der Waals surface area contributed by atoms with E-state index in [1.54, 1.807) is 0 Å². The number of rotatable bonds is 5. The largest absolute Gasteiger partial charge is 0.482 e. The molecule has 0 heterocycles. The minimum absolute atomic E-state index is 0.141. The highest BCUT2D eigenvalue weighted by Crippen LogP contribution is 2.29. The van der Waals surface area contributed by atoms with Gasteiger partial charge in [-0.15, -0.1) is 0 Å². The standard InChI is InChI=1S/C15H11BrF2O2/c16-13-7-11(17)8-14(18)15(13)20-9-12(19)6-10-4-2-1-3-5-10/h1-5,7-8H,6,9H2. The zero-order chi connectivity index (χ0) is 14.5. The number of ether oxygens (including phenoxy) is 1. The van der Waals surface area contributed by atoms with E-state index in [0.717, 1.165) is 11.6 Å². The number of Topliss-reactive ketones (excluding diaryl/α,β-unsaturated/α-hetero) is 1. The Labute approximate surface area is 123 Å². The Morgan fingerprint density at radius 3 is 2.50 bits per heavy atom. The number of carbonyl (C=O) groups excluding carboxylic acids is 1. The molecule has 0 aliphatic heterocycles. The molecule has 0 atom stereocenters. The van der Waals surface area contributed by atoms with Gasteiger partial charge in [-0.1, -0.05) is 30.3 Å². The fraction of sp³-hybridized carbons (Fsp3) is 0.133. The van der Waals surface area contributed by atoms with Gasteiger partial charge >= 0.3 is 0 Å². The molecule has 0 bridgehead atoms. The second kappa shape index (κ2) is 6.61. The molecule has 2 aromatic carbocycles. The first-order valence-corrected chi connectivity index (χ1v) is 6.68. The normalized spacial score (nSPS) is 10.3.